The minimum Gasteiger partial charge on any atom is -0.391 e. The van der Waals surface area contributed by atoms with Crippen LogP contribution in [0.25, 0.3) is 0 Å². The largest absolute Gasteiger partial charge is 0.391 e. The van der Waals surface area contributed by atoms with Gasteiger partial charge in [-0.1, -0.05) is 38.4 Å². The zero-order chi connectivity index (χ0) is 11.3. The van der Waals surface area contributed by atoms with Crippen molar-refractivity contribution >= 4 is 23.1 Å². The summed E-state index contributed by atoms with van der Waals surface area (Å²) in [6.07, 6.45) is 6.64. The zero-order valence-electron chi connectivity index (χ0n) is 9.34. The van der Waals surface area contributed by atoms with Crippen LogP contribution >= 0.6 is 12.2 Å². The first kappa shape index (κ1) is 12.4. The van der Waals surface area contributed by atoms with Crippen LogP contribution in [0.4, 0.5) is 0 Å². The molecule has 0 heterocycles. The van der Waals surface area contributed by atoms with E-state index in [1.54, 1.807) is 0 Å². The van der Waals surface area contributed by atoms with Gasteiger partial charge >= 0.3 is 0 Å². The smallest absolute Gasteiger partial charge is 0.220 e. The Kier molecular flexibility index (Phi) is 4.51. The molecule has 4 heteroatoms. The third kappa shape index (κ3) is 3.16. The molecule has 0 unspecified atom stereocenters. The molecule has 0 aromatic heterocycles. The van der Waals surface area contributed by atoms with E-state index in [4.69, 9.17) is 18.0 Å². The molecular formula is C11H20N2OS. The molecule has 0 spiro atoms. The second-order valence-corrected chi connectivity index (χ2v) is 4.75. The van der Waals surface area contributed by atoms with Gasteiger partial charge < -0.3 is 11.1 Å². The average Bonchev–Trinajstić information content (AvgIpc) is 2.19. The summed E-state index contributed by atoms with van der Waals surface area (Å²) in [5.74, 6) is 0.0761. The monoisotopic (exact) mass is 228 g/mol. The third-order valence-corrected chi connectivity index (χ3v) is 3.43. The molecule has 0 atom stereocenters. The quantitative estimate of drug-likeness (QED) is 0.722. The Morgan fingerprint density at radius 2 is 2.00 bits per heavy atom. The Balaban J connectivity index is 2.64. The molecule has 0 saturated heterocycles. The molecule has 15 heavy (non-hydrogen) atoms. The molecule has 3 N–H and O–H groups in total. The molecule has 0 aromatic carbocycles. The number of rotatable bonds is 4. The fraction of sp³-hybridized carbons (Fsp3) is 0.818. The molecule has 1 aliphatic carbocycles. The molecule has 1 fully saturated rings. The van der Waals surface area contributed by atoms with E-state index in [2.05, 4.69) is 5.32 Å². The van der Waals surface area contributed by atoms with Crippen molar-refractivity contribution in [3.05, 3.63) is 0 Å². The van der Waals surface area contributed by atoms with Crippen molar-refractivity contribution in [2.75, 3.05) is 0 Å². The van der Waals surface area contributed by atoms with E-state index in [0.29, 0.717) is 11.4 Å². The Labute approximate surface area is 96.8 Å². The number of carbonyl (C=O) groups is 1. The summed E-state index contributed by atoms with van der Waals surface area (Å²) >= 11 is 5.09. The predicted octanol–water partition coefficient (Wildman–Crippen LogP) is 1.89. The molecule has 86 valence electrons. The van der Waals surface area contributed by atoms with Crippen LogP contribution in [-0.2, 0) is 4.79 Å². The summed E-state index contributed by atoms with van der Waals surface area (Å²) < 4.78 is 0. The summed E-state index contributed by atoms with van der Waals surface area (Å²) in [6.45, 7) is 1.99. The van der Waals surface area contributed by atoms with Gasteiger partial charge in [-0.05, 0) is 19.3 Å². The SMILES string of the molecule is CCCC(=O)NC1(C(N)=S)CCCCC1. The van der Waals surface area contributed by atoms with E-state index in [0.717, 1.165) is 32.1 Å². The van der Waals surface area contributed by atoms with Crippen molar-refractivity contribution in [1.82, 2.24) is 5.32 Å². The highest BCUT2D eigenvalue weighted by Crippen LogP contribution is 2.28. The van der Waals surface area contributed by atoms with Crippen LogP contribution in [0.1, 0.15) is 51.9 Å². The fourth-order valence-electron chi connectivity index (χ4n) is 2.14. The van der Waals surface area contributed by atoms with E-state index in [9.17, 15) is 4.79 Å². The first-order chi connectivity index (χ1) is 7.10. The Morgan fingerprint density at radius 3 is 2.47 bits per heavy atom. The van der Waals surface area contributed by atoms with Crippen LogP contribution in [0.5, 0.6) is 0 Å². The summed E-state index contributed by atoms with van der Waals surface area (Å²) in [7, 11) is 0. The molecule has 0 radical (unpaired) electrons. The van der Waals surface area contributed by atoms with Gasteiger partial charge in [-0.2, -0.15) is 0 Å². The number of hydrogen-bond donors (Lipinski definition) is 2. The maximum atomic E-state index is 11.6. The van der Waals surface area contributed by atoms with Crippen LogP contribution in [0.15, 0.2) is 0 Å². The molecule has 0 aromatic rings. The lowest BCUT2D eigenvalue weighted by Crippen LogP contribution is -2.57. The molecule has 1 saturated carbocycles. The lowest BCUT2D eigenvalue weighted by molar-refractivity contribution is -0.122. The van der Waals surface area contributed by atoms with Crippen LogP contribution in [0.3, 0.4) is 0 Å². The standard InChI is InChI=1S/C11H20N2OS/c1-2-6-9(14)13-11(10(12)15)7-4-3-5-8-11/h2-8H2,1H3,(H2,12,15)(H,13,14). The van der Waals surface area contributed by atoms with Crippen molar-refractivity contribution in [3.8, 4) is 0 Å². The third-order valence-electron chi connectivity index (χ3n) is 3.03. The molecule has 1 amide bonds. The number of amides is 1. The van der Waals surface area contributed by atoms with E-state index < -0.39 is 0 Å². The summed E-state index contributed by atoms with van der Waals surface area (Å²) in [6, 6.07) is 0. The van der Waals surface area contributed by atoms with E-state index in [-0.39, 0.29) is 11.4 Å². The van der Waals surface area contributed by atoms with Gasteiger partial charge in [0.25, 0.3) is 0 Å². The molecule has 1 aliphatic rings. The Bertz CT molecular complexity index is 247. The molecule has 1 rings (SSSR count). The van der Waals surface area contributed by atoms with Crippen molar-refractivity contribution in [3.63, 3.8) is 0 Å². The maximum absolute atomic E-state index is 11.6. The van der Waals surface area contributed by atoms with E-state index >= 15 is 0 Å². The molecular weight excluding hydrogens is 208 g/mol. The second-order valence-electron chi connectivity index (χ2n) is 4.31. The van der Waals surface area contributed by atoms with Gasteiger partial charge in [0.05, 0.1) is 10.5 Å². The van der Waals surface area contributed by atoms with E-state index in [1.165, 1.54) is 6.42 Å². The number of nitrogens with one attached hydrogen (secondary N) is 1. The minimum atomic E-state index is -0.389. The van der Waals surface area contributed by atoms with Crippen LogP contribution in [0.2, 0.25) is 0 Å². The minimum absolute atomic E-state index is 0.0761. The normalized spacial score (nSPS) is 19.5. The highest BCUT2D eigenvalue weighted by molar-refractivity contribution is 7.80. The molecule has 3 nitrogen and oxygen atoms in total. The summed E-state index contributed by atoms with van der Waals surface area (Å²) in [5, 5.41) is 3.03. The van der Waals surface area contributed by atoms with Gasteiger partial charge in [-0.3, -0.25) is 4.79 Å². The van der Waals surface area contributed by atoms with Gasteiger partial charge in [0, 0.05) is 6.42 Å². The van der Waals surface area contributed by atoms with Crippen LogP contribution in [-0.4, -0.2) is 16.4 Å². The van der Waals surface area contributed by atoms with Gasteiger partial charge in [0.15, 0.2) is 0 Å². The molecule has 0 bridgehead atoms. The van der Waals surface area contributed by atoms with Crippen molar-refractivity contribution in [2.24, 2.45) is 5.73 Å². The second kappa shape index (κ2) is 5.45. The van der Waals surface area contributed by atoms with Crippen molar-refractivity contribution in [1.29, 1.82) is 0 Å². The number of carbonyl (C=O) groups excluding carboxylic acids is 1. The zero-order valence-corrected chi connectivity index (χ0v) is 10.2. The lowest BCUT2D eigenvalue weighted by atomic mass is 9.81. The Hall–Kier alpha value is -0.640. The summed E-state index contributed by atoms with van der Waals surface area (Å²) in [4.78, 5) is 12.0. The van der Waals surface area contributed by atoms with Crippen molar-refractivity contribution in [2.45, 2.75) is 57.4 Å². The van der Waals surface area contributed by atoms with Gasteiger partial charge in [-0.25, -0.2) is 0 Å². The van der Waals surface area contributed by atoms with Crippen molar-refractivity contribution < 1.29 is 4.79 Å². The molecule has 0 aliphatic heterocycles. The van der Waals surface area contributed by atoms with E-state index in [1.807, 2.05) is 6.92 Å². The van der Waals surface area contributed by atoms with Gasteiger partial charge in [-0.15, -0.1) is 0 Å². The van der Waals surface area contributed by atoms with Gasteiger partial charge in [0.2, 0.25) is 5.91 Å². The summed E-state index contributed by atoms with van der Waals surface area (Å²) in [5.41, 5.74) is 5.37. The lowest BCUT2D eigenvalue weighted by Gasteiger charge is -2.37. The van der Waals surface area contributed by atoms with Crippen LogP contribution < -0.4 is 11.1 Å². The maximum Gasteiger partial charge on any atom is 0.220 e. The fourth-order valence-corrected chi connectivity index (χ4v) is 2.40. The Morgan fingerprint density at radius 1 is 1.40 bits per heavy atom. The average molecular weight is 228 g/mol. The highest BCUT2D eigenvalue weighted by atomic mass is 32.1. The van der Waals surface area contributed by atoms with Gasteiger partial charge in [0.1, 0.15) is 0 Å². The first-order valence-corrected chi connectivity index (χ1v) is 6.12. The predicted molar refractivity (Wildman–Crippen MR) is 65.7 cm³/mol. The highest BCUT2D eigenvalue weighted by Gasteiger charge is 2.36. The number of nitrogens with two attached hydrogens (primary N) is 1. The topological polar surface area (TPSA) is 55.1 Å². The van der Waals surface area contributed by atoms with Crippen LogP contribution in [0, 0.1) is 0 Å². The first-order valence-electron chi connectivity index (χ1n) is 5.71. The number of hydrogen-bond acceptors (Lipinski definition) is 2. The number of thiocarbonyl (C=S) groups is 1.